The average molecular weight is 503 g/mol. The highest BCUT2D eigenvalue weighted by molar-refractivity contribution is 7.93. The number of amides is 2. The molecule has 0 bridgehead atoms. The number of carbonyl (C=O) groups is 2. The third kappa shape index (κ3) is 4.09. The van der Waals surface area contributed by atoms with Gasteiger partial charge in [0.05, 0.1) is 4.90 Å². The fraction of sp³-hybridized carbons (Fsp3) is 0.227. The van der Waals surface area contributed by atoms with E-state index in [-0.39, 0.29) is 21.8 Å². The number of sulfonamides is 1. The molecule has 2 aromatic carbocycles. The van der Waals surface area contributed by atoms with Crippen molar-refractivity contribution in [2.45, 2.75) is 17.7 Å². The minimum absolute atomic E-state index is 0.0614. The molecule has 1 unspecified atom stereocenters. The van der Waals surface area contributed by atoms with Gasteiger partial charge in [0.1, 0.15) is 5.92 Å². The molecule has 1 fully saturated rings. The molecule has 0 saturated carbocycles. The lowest BCUT2D eigenvalue weighted by Gasteiger charge is -2.22. The second-order valence-corrected chi connectivity index (χ2v) is 10.8. The predicted octanol–water partition coefficient (Wildman–Crippen LogP) is 3.54. The van der Waals surface area contributed by atoms with Crippen molar-refractivity contribution in [3.63, 3.8) is 0 Å². The first-order chi connectivity index (χ1) is 15.8. The van der Waals surface area contributed by atoms with Crippen LogP contribution in [0.4, 0.5) is 16.5 Å². The standard InChI is InChI=1S/C22H19ClN4O4S2/c23-15-2-1-14-7-10-27(19(14)13-15)21(29)18-8-11-26(20(18)28)16-3-5-17(6-4-16)33(30,31)25-22-24-9-12-32-22/h1-6,9,12-13,18H,7-8,10-11H2,(H,24,25). The van der Waals surface area contributed by atoms with Gasteiger partial charge in [0.15, 0.2) is 5.13 Å². The van der Waals surface area contributed by atoms with E-state index in [1.165, 1.54) is 34.6 Å². The van der Waals surface area contributed by atoms with Crippen molar-refractivity contribution in [2.75, 3.05) is 27.6 Å². The molecule has 8 nitrogen and oxygen atoms in total. The van der Waals surface area contributed by atoms with Crippen molar-refractivity contribution < 1.29 is 18.0 Å². The topological polar surface area (TPSA) is 99.7 Å². The molecular weight excluding hydrogens is 484 g/mol. The second kappa shape index (κ2) is 8.44. The number of hydrogen-bond acceptors (Lipinski definition) is 6. The van der Waals surface area contributed by atoms with E-state index in [0.29, 0.717) is 30.2 Å². The highest BCUT2D eigenvalue weighted by Gasteiger charge is 2.41. The van der Waals surface area contributed by atoms with Gasteiger partial charge in [-0.1, -0.05) is 17.7 Å². The Morgan fingerprint density at radius 2 is 1.94 bits per heavy atom. The summed E-state index contributed by atoms with van der Waals surface area (Å²) in [7, 11) is -3.78. The van der Waals surface area contributed by atoms with Gasteiger partial charge in [-0.2, -0.15) is 0 Å². The molecule has 0 spiro atoms. The maximum absolute atomic E-state index is 13.2. The van der Waals surface area contributed by atoms with Crippen LogP contribution in [0, 0.1) is 5.92 Å². The van der Waals surface area contributed by atoms with Crippen LogP contribution in [0.5, 0.6) is 0 Å². The van der Waals surface area contributed by atoms with E-state index in [1.54, 1.807) is 34.5 Å². The summed E-state index contributed by atoms with van der Waals surface area (Å²) < 4.78 is 27.5. The van der Waals surface area contributed by atoms with Crippen LogP contribution in [0.2, 0.25) is 5.02 Å². The minimum Gasteiger partial charge on any atom is -0.312 e. The summed E-state index contributed by atoms with van der Waals surface area (Å²) in [6.07, 6.45) is 2.64. The van der Waals surface area contributed by atoms with Gasteiger partial charge >= 0.3 is 0 Å². The van der Waals surface area contributed by atoms with E-state index in [4.69, 9.17) is 11.6 Å². The molecule has 11 heteroatoms. The van der Waals surface area contributed by atoms with Crippen molar-refractivity contribution in [1.82, 2.24) is 4.98 Å². The molecule has 170 valence electrons. The van der Waals surface area contributed by atoms with Crippen molar-refractivity contribution in [3.8, 4) is 0 Å². The van der Waals surface area contributed by atoms with Crippen molar-refractivity contribution in [1.29, 1.82) is 0 Å². The number of thiazole rings is 1. The Bertz CT molecular complexity index is 1330. The van der Waals surface area contributed by atoms with Crippen LogP contribution >= 0.6 is 22.9 Å². The molecule has 33 heavy (non-hydrogen) atoms. The first-order valence-corrected chi connectivity index (χ1v) is 13.0. The van der Waals surface area contributed by atoms with Crippen molar-refractivity contribution in [3.05, 3.63) is 64.6 Å². The third-order valence-corrected chi connectivity index (χ3v) is 8.23. The van der Waals surface area contributed by atoms with Gasteiger partial charge in [-0.05, 0) is 54.8 Å². The summed E-state index contributed by atoms with van der Waals surface area (Å²) in [5.41, 5.74) is 2.35. The number of nitrogens with one attached hydrogen (secondary N) is 1. The number of fused-ring (bicyclic) bond motifs is 1. The SMILES string of the molecule is O=C1C(C(=O)N2CCc3ccc(Cl)cc32)CCN1c1ccc(S(=O)(=O)Nc2nccs2)cc1. The zero-order valence-corrected chi connectivity index (χ0v) is 19.7. The largest absolute Gasteiger partial charge is 0.312 e. The normalized spacial score (nSPS) is 18.0. The summed E-state index contributed by atoms with van der Waals surface area (Å²) in [5, 5.41) is 2.50. The molecule has 2 aliphatic rings. The lowest BCUT2D eigenvalue weighted by Crippen LogP contribution is -2.39. The molecule has 3 heterocycles. The first kappa shape index (κ1) is 21.9. The van der Waals surface area contributed by atoms with Gasteiger partial charge in [0.25, 0.3) is 10.0 Å². The fourth-order valence-electron chi connectivity index (χ4n) is 4.19. The fourth-order valence-corrected chi connectivity index (χ4v) is 6.14. The molecule has 1 atom stereocenters. The maximum atomic E-state index is 13.2. The van der Waals surface area contributed by atoms with Crippen molar-refractivity contribution >= 4 is 61.3 Å². The Morgan fingerprint density at radius 3 is 2.67 bits per heavy atom. The van der Waals surface area contributed by atoms with E-state index >= 15 is 0 Å². The zero-order valence-electron chi connectivity index (χ0n) is 17.3. The van der Waals surface area contributed by atoms with Gasteiger partial charge in [-0.3, -0.25) is 14.3 Å². The van der Waals surface area contributed by atoms with Crippen LogP contribution in [0.1, 0.15) is 12.0 Å². The maximum Gasteiger partial charge on any atom is 0.263 e. The lowest BCUT2D eigenvalue weighted by atomic mass is 10.1. The number of rotatable bonds is 5. The monoisotopic (exact) mass is 502 g/mol. The molecule has 0 radical (unpaired) electrons. The first-order valence-electron chi connectivity index (χ1n) is 10.3. The second-order valence-electron chi connectivity index (χ2n) is 7.78. The Labute approximate surface area is 199 Å². The summed E-state index contributed by atoms with van der Waals surface area (Å²) in [6, 6.07) is 11.5. The van der Waals surface area contributed by atoms with E-state index < -0.39 is 15.9 Å². The smallest absolute Gasteiger partial charge is 0.263 e. The number of halogens is 1. The number of carbonyl (C=O) groups excluding carboxylic acids is 2. The Morgan fingerprint density at radius 1 is 1.15 bits per heavy atom. The predicted molar refractivity (Wildman–Crippen MR) is 127 cm³/mol. The molecule has 2 aliphatic heterocycles. The van der Waals surface area contributed by atoms with Crippen LogP contribution in [0.25, 0.3) is 0 Å². The van der Waals surface area contributed by atoms with Crippen LogP contribution in [0.3, 0.4) is 0 Å². The number of aromatic nitrogens is 1. The number of benzene rings is 2. The highest BCUT2D eigenvalue weighted by atomic mass is 35.5. The molecule has 2 amide bonds. The van der Waals surface area contributed by atoms with Crippen LogP contribution in [-0.4, -0.2) is 38.3 Å². The van der Waals surface area contributed by atoms with Gasteiger partial charge in [0, 0.05) is 41.1 Å². The third-order valence-electron chi connectivity index (χ3n) is 5.83. The Balaban J connectivity index is 1.31. The van der Waals surface area contributed by atoms with Gasteiger partial charge < -0.3 is 9.80 Å². The Kier molecular flexibility index (Phi) is 5.59. The van der Waals surface area contributed by atoms with Gasteiger partial charge in [-0.25, -0.2) is 13.4 Å². The molecule has 5 rings (SSSR count). The van der Waals surface area contributed by atoms with Crippen LogP contribution < -0.4 is 14.5 Å². The highest BCUT2D eigenvalue weighted by Crippen LogP contribution is 2.34. The summed E-state index contributed by atoms with van der Waals surface area (Å²) in [5.74, 6) is -1.28. The number of anilines is 3. The summed E-state index contributed by atoms with van der Waals surface area (Å²) >= 11 is 7.29. The molecular formula is C22H19ClN4O4S2. The molecule has 1 saturated heterocycles. The molecule has 0 aliphatic carbocycles. The quantitative estimate of drug-likeness (QED) is 0.538. The van der Waals surface area contributed by atoms with Crippen LogP contribution in [0.15, 0.2) is 58.9 Å². The molecule has 1 aromatic heterocycles. The van der Waals surface area contributed by atoms with E-state index in [9.17, 15) is 18.0 Å². The average Bonchev–Trinajstić information content (AvgIpc) is 3.53. The zero-order chi connectivity index (χ0) is 23.2. The van der Waals surface area contributed by atoms with E-state index in [1.807, 2.05) is 6.07 Å². The summed E-state index contributed by atoms with van der Waals surface area (Å²) in [4.78, 5) is 33.4. The number of nitrogens with zero attached hydrogens (tertiary/aromatic N) is 3. The molecule has 3 aromatic rings. The lowest BCUT2D eigenvalue weighted by molar-refractivity contribution is -0.130. The number of hydrogen-bond donors (Lipinski definition) is 1. The van der Waals surface area contributed by atoms with Crippen LogP contribution in [-0.2, 0) is 26.0 Å². The summed E-state index contributed by atoms with van der Waals surface area (Å²) in [6.45, 7) is 0.909. The minimum atomic E-state index is -3.78. The van der Waals surface area contributed by atoms with E-state index in [2.05, 4.69) is 9.71 Å². The van der Waals surface area contributed by atoms with Crippen molar-refractivity contribution in [2.24, 2.45) is 5.92 Å². The molecule has 1 N–H and O–H groups in total. The van der Waals surface area contributed by atoms with E-state index in [0.717, 1.165) is 17.7 Å². The van der Waals surface area contributed by atoms with Gasteiger partial charge in [0.2, 0.25) is 11.8 Å². The van der Waals surface area contributed by atoms with Gasteiger partial charge in [-0.15, -0.1) is 11.3 Å². The Hall–Kier alpha value is -2.95.